The van der Waals surface area contributed by atoms with Gasteiger partial charge in [-0.3, -0.25) is 28.8 Å². The normalized spacial score (nSPS) is 17.5. The van der Waals surface area contributed by atoms with Crippen LogP contribution in [-0.2, 0) is 46.4 Å². The number of imidazole rings is 1. The van der Waals surface area contributed by atoms with Gasteiger partial charge in [0.1, 0.15) is 42.3 Å². The van der Waals surface area contributed by atoms with Crippen molar-refractivity contribution in [3.8, 4) is 0 Å². The number of likely N-dealkylation sites (tertiary alicyclic amines) is 1. The molecule has 3 aromatic rings. The van der Waals surface area contributed by atoms with Crippen LogP contribution in [0, 0.1) is 0 Å². The maximum atomic E-state index is 14.4. The number of aromatic nitrogens is 3. The van der Waals surface area contributed by atoms with Crippen LogP contribution in [-0.4, -0.2) is 162 Å². The molecule has 0 aliphatic carbocycles. The molecule has 1 saturated heterocycles. The monoisotopic (exact) mass is 844 g/mol. The number of thioether (sulfide) groups is 1. The van der Waals surface area contributed by atoms with Crippen molar-refractivity contribution in [1.29, 1.82) is 0 Å². The molecule has 1 aromatic carbocycles. The lowest BCUT2D eigenvalue weighted by Crippen LogP contribution is -2.61. The largest absolute Gasteiger partial charge is 0.480 e. The summed E-state index contributed by atoms with van der Waals surface area (Å²) in [4.78, 5) is 104. The Kier molecular flexibility index (Phi) is 17.2. The summed E-state index contributed by atoms with van der Waals surface area (Å²) in [6.07, 6.45) is 5.38. The Hall–Kier alpha value is -5.55. The maximum absolute atomic E-state index is 14.4. The average Bonchev–Trinajstić information content (AvgIpc) is 4.01. The molecule has 4 rings (SSSR count). The lowest BCUT2D eigenvalue weighted by Gasteiger charge is -2.31. The van der Waals surface area contributed by atoms with E-state index in [0.717, 1.165) is 10.9 Å². The summed E-state index contributed by atoms with van der Waals surface area (Å²) in [6.45, 7) is -0.363. The molecule has 2 aromatic heterocycles. The topological polar surface area (TPSA) is 334 Å². The molecule has 0 radical (unpaired) electrons. The lowest BCUT2D eigenvalue weighted by atomic mass is 10.0. The number of fused-ring (bicyclic) bond motifs is 1. The van der Waals surface area contributed by atoms with Gasteiger partial charge in [0.2, 0.25) is 35.4 Å². The van der Waals surface area contributed by atoms with E-state index in [1.807, 2.05) is 18.2 Å². The van der Waals surface area contributed by atoms with Crippen molar-refractivity contribution in [3.05, 3.63) is 54.2 Å². The van der Waals surface area contributed by atoms with Crippen molar-refractivity contribution in [2.24, 2.45) is 5.73 Å². The molecular formula is C37H52N10O11S. The molecule has 1 fully saturated rings. The van der Waals surface area contributed by atoms with E-state index in [9.17, 15) is 54.0 Å². The van der Waals surface area contributed by atoms with Crippen molar-refractivity contribution >= 4 is 64.1 Å². The summed E-state index contributed by atoms with van der Waals surface area (Å²) < 4.78 is 0. The number of rotatable bonds is 22. The number of hydrogen-bond acceptors (Lipinski definition) is 13. The summed E-state index contributed by atoms with van der Waals surface area (Å²) >= 11 is 1.37. The number of para-hydroxylation sites is 1. The molecular weight excluding hydrogens is 793 g/mol. The van der Waals surface area contributed by atoms with Gasteiger partial charge in [0.15, 0.2) is 0 Å². The molecule has 0 saturated carbocycles. The number of aliphatic carboxylic acids is 1. The second-order valence-corrected chi connectivity index (χ2v) is 15.1. The fourth-order valence-electron chi connectivity index (χ4n) is 6.50. The number of nitrogens with zero attached hydrogens (tertiary/aromatic N) is 2. The molecule has 6 amide bonds. The van der Waals surface area contributed by atoms with Crippen LogP contribution in [0.15, 0.2) is 43.0 Å². The Bertz CT molecular complexity index is 1930. The van der Waals surface area contributed by atoms with Crippen LogP contribution in [0.1, 0.15) is 37.4 Å². The smallest absolute Gasteiger partial charge is 0.326 e. The molecule has 13 N–H and O–H groups in total. The van der Waals surface area contributed by atoms with E-state index in [1.165, 1.54) is 36.1 Å². The number of nitrogens with one attached hydrogen (secondary N) is 7. The van der Waals surface area contributed by atoms with Gasteiger partial charge in [-0.1, -0.05) is 18.2 Å². The van der Waals surface area contributed by atoms with Gasteiger partial charge < -0.3 is 67.6 Å². The van der Waals surface area contributed by atoms with Gasteiger partial charge in [-0.15, -0.1) is 0 Å². The van der Waals surface area contributed by atoms with E-state index < -0.39 is 103 Å². The van der Waals surface area contributed by atoms with Crippen LogP contribution in [0.4, 0.5) is 0 Å². The number of aliphatic hydroxyl groups is 3. The summed E-state index contributed by atoms with van der Waals surface area (Å²) in [6, 6.07) is -2.32. The van der Waals surface area contributed by atoms with Crippen molar-refractivity contribution in [2.75, 3.05) is 31.8 Å². The molecule has 22 heteroatoms. The number of amides is 6. The molecule has 1 aliphatic heterocycles. The number of carboxylic acid groups (broad SMARTS) is 1. The molecule has 3 heterocycles. The molecule has 8 atom stereocenters. The maximum Gasteiger partial charge on any atom is 0.326 e. The molecule has 0 unspecified atom stereocenters. The highest BCUT2D eigenvalue weighted by molar-refractivity contribution is 7.98. The summed E-state index contributed by atoms with van der Waals surface area (Å²) in [5.74, 6) is -5.99. The zero-order chi connectivity index (χ0) is 43.2. The number of hydrogen-bond donors (Lipinski definition) is 12. The Labute approximate surface area is 343 Å². The van der Waals surface area contributed by atoms with Gasteiger partial charge in [-0.2, -0.15) is 11.8 Å². The average molecular weight is 845 g/mol. The highest BCUT2D eigenvalue weighted by Crippen LogP contribution is 2.23. The number of benzene rings is 1. The number of aliphatic hydroxyl groups excluding tert-OH is 3. The van der Waals surface area contributed by atoms with Crippen LogP contribution in [0.3, 0.4) is 0 Å². The first-order chi connectivity index (χ1) is 28.2. The second-order valence-electron chi connectivity index (χ2n) is 14.1. The second kappa shape index (κ2) is 22.0. The highest BCUT2D eigenvalue weighted by Gasteiger charge is 2.40. The van der Waals surface area contributed by atoms with E-state index >= 15 is 0 Å². The number of carbonyl (C=O) groups is 7. The lowest BCUT2D eigenvalue weighted by molar-refractivity contribution is -0.143. The first-order valence-electron chi connectivity index (χ1n) is 18.9. The first kappa shape index (κ1) is 46.1. The van der Waals surface area contributed by atoms with Crippen LogP contribution in [0.25, 0.3) is 10.9 Å². The van der Waals surface area contributed by atoms with Crippen LogP contribution in [0.2, 0.25) is 0 Å². The van der Waals surface area contributed by atoms with Crippen molar-refractivity contribution in [1.82, 2.24) is 46.4 Å². The zero-order valence-electron chi connectivity index (χ0n) is 32.6. The van der Waals surface area contributed by atoms with Gasteiger partial charge in [0.25, 0.3) is 0 Å². The minimum atomic E-state index is -1.58. The highest BCUT2D eigenvalue weighted by atomic mass is 32.2. The molecule has 322 valence electrons. The van der Waals surface area contributed by atoms with Crippen LogP contribution >= 0.6 is 11.8 Å². The Balaban J connectivity index is 1.51. The Morgan fingerprint density at radius 3 is 2.12 bits per heavy atom. The predicted octanol–water partition coefficient (Wildman–Crippen LogP) is -3.38. The molecule has 59 heavy (non-hydrogen) atoms. The van der Waals surface area contributed by atoms with E-state index in [0.29, 0.717) is 23.4 Å². The third-order valence-electron chi connectivity index (χ3n) is 9.84. The van der Waals surface area contributed by atoms with Gasteiger partial charge in [0, 0.05) is 48.4 Å². The van der Waals surface area contributed by atoms with Gasteiger partial charge in [0.05, 0.1) is 25.6 Å². The standard InChI is InChI=1S/C37H52N10O11S/c1-19(50)30(38)35(55)46-28(17-49)32(52)43-25(12-20-14-40-23-7-4-3-6-22(20)23)36(56)47-10-5-8-29(47)34(54)42-24(9-11-59-2)31(51)45-27(16-48)33(53)44-26(37(57)58)13-21-15-39-18-41-21/h3-4,6-7,14-15,18-19,24-30,40,48-50H,5,8-13,16-17,38H2,1-2H3,(H,39,41)(H,42,54)(H,43,52)(H,44,53)(H,45,51)(H,46,55)(H,57,58)/t19-,24+,25+,26+,27+,28+,29+,30+/m1/s1. The van der Waals surface area contributed by atoms with Gasteiger partial charge >= 0.3 is 5.97 Å². The minimum absolute atomic E-state index is 0.0628. The number of nitrogens with two attached hydrogens (primary N) is 1. The fraction of sp³-hybridized carbons (Fsp3) is 0.514. The number of carboxylic acids is 1. The molecule has 21 nitrogen and oxygen atoms in total. The minimum Gasteiger partial charge on any atom is -0.480 e. The quantitative estimate of drug-likeness (QED) is 0.0470. The SMILES string of the molecule is CSCC[C@H](NC(=O)[C@@H]1CCCN1C(=O)[C@H](Cc1c[nH]c2ccccc12)NC(=O)[C@H](CO)NC(=O)[C@@H](N)[C@@H](C)O)C(=O)N[C@@H](CO)C(=O)N[C@@H](Cc1cnc[nH]1)C(=O)O. The van der Waals surface area contributed by atoms with Crippen molar-refractivity contribution < 1.29 is 54.0 Å². The van der Waals surface area contributed by atoms with E-state index in [-0.39, 0.29) is 32.2 Å². The van der Waals surface area contributed by atoms with Crippen molar-refractivity contribution in [3.63, 3.8) is 0 Å². The third-order valence-corrected chi connectivity index (χ3v) is 10.5. The Morgan fingerprint density at radius 1 is 0.881 bits per heavy atom. The molecule has 0 bridgehead atoms. The summed E-state index contributed by atoms with van der Waals surface area (Å²) in [7, 11) is 0. The summed E-state index contributed by atoms with van der Waals surface area (Å²) in [5.41, 5.74) is 7.53. The zero-order valence-corrected chi connectivity index (χ0v) is 33.4. The number of carbonyl (C=O) groups excluding carboxylic acids is 6. The summed E-state index contributed by atoms with van der Waals surface area (Å²) in [5, 5.41) is 52.4. The van der Waals surface area contributed by atoms with Gasteiger partial charge in [-0.05, 0) is 49.8 Å². The van der Waals surface area contributed by atoms with Crippen molar-refractivity contribution in [2.45, 2.75) is 87.4 Å². The molecule has 0 spiro atoms. The third kappa shape index (κ3) is 12.5. The van der Waals surface area contributed by atoms with E-state index in [4.69, 9.17) is 5.73 Å². The number of H-pyrrole nitrogens is 2. The van der Waals surface area contributed by atoms with Gasteiger partial charge in [-0.25, -0.2) is 9.78 Å². The predicted molar refractivity (Wildman–Crippen MR) is 213 cm³/mol. The number of aromatic amines is 2. The fourth-order valence-corrected chi connectivity index (χ4v) is 6.98. The van der Waals surface area contributed by atoms with E-state index in [2.05, 4.69) is 41.5 Å². The van der Waals surface area contributed by atoms with Crippen LogP contribution in [0.5, 0.6) is 0 Å². The first-order valence-corrected chi connectivity index (χ1v) is 20.3. The molecule has 1 aliphatic rings. The van der Waals surface area contributed by atoms with Crippen LogP contribution < -0.4 is 32.3 Å². The Morgan fingerprint density at radius 2 is 1.51 bits per heavy atom. The van der Waals surface area contributed by atoms with E-state index in [1.54, 1.807) is 18.5 Å².